The van der Waals surface area contributed by atoms with Crippen molar-refractivity contribution in [2.24, 2.45) is 11.7 Å². The SMILES string of the molecule is CC(SCC(N)=O)C1CCNCC1. The molecule has 0 aromatic heterocycles. The van der Waals surface area contributed by atoms with Gasteiger partial charge in [-0.05, 0) is 31.8 Å². The van der Waals surface area contributed by atoms with Crippen LogP contribution in [0.4, 0.5) is 0 Å². The van der Waals surface area contributed by atoms with E-state index in [0.717, 1.165) is 19.0 Å². The Hall–Kier alpha value is -0.220. The van der Waals surface area contributed by atoms with Gasteiger partial charge < -0.3 is 11.1 Å². The van der Waals surface area contributed by atoms with Gasteiger partial charge in [0.2, 0.25) is 5.91 Å². The quantitative estimate of drug-likeness (QED) is 0.701. The van der Waals surface area contributed by atoms with E-state index in [-0.39, 0.29) is 5.91 Å². The van der Waals surface area contributed by atoms with Gasteiger partial charge in [0.25, 0.3) is 0 Å². The third-order valence-electron chi connectivity index (χ3n) is 2.54. The molecule has 1 atom stereocenters. The molecule has 0 aromatic rings. The Kier molecular flexibility index (Phi) is 4.59. The van der Waals surface area contributed by atoms with Crippen molar-refractivity contribution in [1.82, 2.24) is 5.32 Å². The first-order valence-electron chi connectivity index (χ1n) is 4.81. The summed E-state index contributed by atoms with van der Waals surface area (Å²) in [5.74, 6) is 1.02. The second-order valence-corrected chi connectivity index (χ2v) is 4.94. The fourth-order valence-corrected chi connectivity index (χ4v) is 2.63. The van der Waals surface area contributed by atoms with E-state index in [1.54, 1.807) is 11.8 Å². The van der Waals surface area contributed by atoms with E-state index in [0.29, 0.717) is 11.0 Å². The third kappa shape index (κ3) is 4.00. The summed E-state index contributed by atoms with van der Waals surface area (Å²) >= 11 is 1.69. The zero-order valence-electron chi connectivity index (χ0n) is 8.08. The molecule has 4 heteroatoms. The molecule has 13 heavy (non-hydrogen) atoms. The standard InChI is InChI=1S/C9H18N2OS/c1-7(13-6-9(10)12)8-2-4-11-5-3-8/h7-8,11H,2-6H2,1H3,(H2,10,12). The summed E-state index contributed by atoms with van der Waals surface area (Å²) in [4.78, 5) is 10.6. The summed E-state index contributed by atoms with van der Waals surface area (Å²) < 4.78 is 0. The zero-order valence-corrected chi connectivity index (χ0v) is 8.90. The molecule has 1 aliphatic heterocycles. The molecule has 3 N–H and O–H groups in total. The van der Waals surface area contributed by atoms with Crippen LogP contribution in [0.2, 0.25) is 0 Å². The van der Waals surface area contributed by atoms with E-state index in [2.05, 4.69) is 12.2 Å². The van der Waals surface area contributed by atoms with Gasteiger partial charge in [0.05, 0.1) is 5.75 Å². The number of thioether (sulfide) groups is 1. The van der Waals surface area contributed by atoms with Gasteiger partial charge in [0, 0.05) is 5.25 Å². The fraction of sp³-hybridized carbons (Fsp3) is 0.889. The molecule has 0 bridgehead atoms. The molecule has 1 rings (SSSR count). The van der Waals surface area contributed by atoms with Gasteiger partial charge in [0.1, 0.15) is 0 Å². The molecule has 1 saturated heterocycles. The summed E-state index contributed by atoms with van der Waals surface area (Å²) in [6.45, 7) is 4.43. The lowest BCUT2D eigenvalue weighted by Crippen LogP contribution is -2.32. The molecular weight excluding hydrogens is 184 g/mol. The van der Waals surface area contributed by atoms with Gasteiger partial charge in [-0.15, -0.1) is 11.8 Å². The van der Waals surface area contributed by atoms with Crippen LogP contribution in [0.5, 0.6) is 0 Å². The number of hydrogen-bond donors (Lipinski definition) is 2. The van der Waals surface area contributed by atoms with Crippen LogP contribution in [-0.2, 0) is 4.79 Å². The number of carbonyl (C=O) groups excluding carboxylic acids is 1. The number of carbonyl (C=O) groups is 1. The second kappa shape index (κ2) is 5.50. The van der Waals surface area contributed by atoms with Gasteiger partial charge >= 0.3 is 0 Å². The largest absolute Gasteiger partial charge is 0.369 e. The van der Waals surface area contributed by atoms with E-state index in [4.69, 9.17) is 5.73 Å². The number of rotatable bonds is 4. The van der Waals surface area contributed by atoms with E-state index >= 15 is 0 Å². The molecule has 0 aliphatic carbocycles. The highest BCUT2D eigenvalue weighted by atomic mass is 32.2. The minimum Gasteiger partial charge on any atom is -0.369 e. The van der Waals surface area contributed by atoms with Crippen molar-refractivity contribution in [3.63, 3.8) is 0 Å². The highest BCUT2D eigenvalue weighted by Crippen LogP contribution is 2.25. The first-order chi connectivity index (χ1) is 6.20. The summed E-state index contributed by atoms with van der Waals surface area (Å²) in [6, 6.07) is 0. The molecule has 1 heterocycles. The molecule has 0 aromatic carbocycles. The summed E-state index contributed by atoms with van der Waals surface area (Å²) in [5.41, 5.74) is 5.10. The van der Waals surface area contributed by atoms with Crippen LogP contribution in [0.1, 0.15) is 19.8 Å². The number of hydrogen-bond acceptors (Lipinski definition) is 3. The highest BCUT2D eigenvalue weighted by Gasteiger charge is 2.20. The van der Waals surface area contributed by atoms with Crippen molar-refractivity contribution < 1.29 is 4.79 Å². The Morgan fingerprint density at radius 3 is 2.77 bits per heavy atom. The van der Waals surface area contributed by atoms with Crippen LogP contribution in [0.15, 0.2) is 0 Å². The van der Waals surface area contributed by atoms with Crippen molar-refractivity contribution in [2.45, 2.75) is 25.0 Å². The maximum atomic E-state index is 10.6. The zero-order chi connectivity index (χ0) is 9.68. The maximum absolute atomic E-state index is 10.6. The highest BCUT2D eigenvalue weighted by molar-refractivity contribution is 8.00. The minimum absolute atomic E-state index is 0.203. The Labute approximate surface area is 83.8 Å². The summed E-state index contributed by atoms with van der Waals surface area (Å²) in [7, 11) is 0. The van der Waals surface area contributed by atoms with Crippen LogP contribution in [0.25, 0.3) is 0 Å². The predicted molar refractivity (Wildman–Crippen MR) is 56.7 cm³/mol. The molecule has 76 valence electrons. The molecule has 1 unspecified atom stereocenters. The van der Waals surface area contributed by atoms with Gasteiger partial charge in [-0.1, -0.05) is 6.92 Å². The number of piperidine rings is 1. The molecule has 1 aliphatic rings. The molecule has 0 saturated carbocycles. The molecule has 0 spiro atoms. The van der Waals surface area contributed by atoms with Crippen molar-refractivity contribution in [3.05, 3.63) is 0 Å². The molecule has 1 fully saturated rings. The predicted octanol–water partition coefficient (Wildman–Crippen LogP) is 0.593. The average Bonchev–Trinajstić information content (AvgIpc) is 2.15. The van der Waals surface area contributed by atoms with Crippen molar-refractivity contribution >= 4 is 17.7 Å². The van der Waals surface area contributed by atoms with Crippen molar-refractivity contribution in [3.8, 4) is 0 Å². The average molecular weight is 202 g/mol. The Morgan fingerprint density at radius 2 is 2.23 bits per heavy atom. The fourth-order valence-electron chi connectivity index (χ4n) is 1.66. The number of nitrogens with one attached hydrogen (secondary N) is 1. The van der Waals surface area contributed by atoms with Gasteiger partial charge in [-0.2, -0.15) is 0 Å². The van der Waals surface area contributed by atoms with E-state index in [9.17, 15) is 4.79 Å². The van der Waals surface area contributed by atoms with Gasteiger partial charge in [-0.3, -0.25) is 4.79 Å². The van der Waals surface area contributed by atoms with Gasteiger partial charge in [-0.25, -0.2) is 0 Å². The lowest BCUT2D eigenvalue weighted by Gasteiger charge is -2.27. The molecule has 0 radical (unpaired) electrons. The van der Waals surface area contributed by atoms with E-state index in [1.807, 2.05) is 0 Å². The molecule has 1 amide bonds. The molecule has 3 nitrogen and oxygen atoms in total. The van der Waals surface area contributed by atoms with Crippen LogP contribution in [0.3, 0.4) is 0 Å². The van der Waals surface area contributed by atoms with Crippen LogP contribution < -0.4 is 11.1 Å². The topological polar surface area (TPSA) is 55.1 Å². The maximum Gasteiger partial charge on any atom is 0.227 e. The second-order valence-electron chi connectivity index (χ2n) is 3.57. The van der Waals surface area contributed by atoms with Crippen molar-refractivity contribution in [2.75, 3.05) is 18.8 Å². The number of amides is 1. The normalized spacial score (nSPS) is 21.3. The first-order valence-corrected chi connectivity index (χ1v) is 5.85. The van der Waals surface area contributed by atoms with Crippen LogP contribution >= 0.6 is 11.8 Å². The lowest BCUT2D eigenvalue weighted by molar-refractivity contribution is -0.115. The Bertz CT molecular complexity index is 169. The van der Waals surface area contributed by atoms with Gasteiger partial charge in [0.15, 0.2) is 0 Å². The van der Waals surface area contributed by atoms with E-state index < -0.39 is 0 Å². The molecular formula is C9H18N2OS. The summed E-state index contributed by atoms with van der Waals surface area (Å²) in [5, 5.41) is 3.90. The Balaban J connectivity index is 2.20. The van der Waals surface area contributed by atoms with Crippen LogP contribution in [0, 0.1) is 5.92 Å². The number of primary amides is 1. The monoisotopic (exact) mass is 202 g/mol. The minimum atomic E-state index is -0.203. The summed E-state index contributed by atoms with van der Waals surface area (Å²) in [6.07, 6.45) is 2.46. The van der Waals surface area contributed by atoms with E-state index in [1.165, 1.54) is 12.8 Å². The van der Waals surface area contributed by atoms with Crippen LogP contribution in [-0.4, -0.2) is 30.0 Å². The lowest BCUT2D eigenvalue weighted by atomic mass is 9.95. The van der Waals surface area contributed by atoms with Crippen molar-refractivity contribution in [1.29, 1.82) is 0 Å². The first kappa shape index (κ1) is 10.9. The third-order valence-corrected chi connectivity index (χ3v) is 3.90. The Morgan fingerprint density at radius 1 is 1.62 bits per heavy atom. The number of nitrogens with two attached hydrogens (primary N) is 1. The smallest absolute Gasteiger partial charge is 0.227 e.